The van der Waals surface area contributed by atoms with Crippen LogP contribution in [-0.2, 0) is 0 Å². The molecule has 134 valence electrons. The van der Waals surface area contributed by atoms with Gasteiger partial charge in [0.1, 0.15) is 5.75 Å². The van der Waals surface area contributed by atoms with Crippen LogP contribution in [0.4, 0.5) is 0 Å². The van der Waals surface area contributed by atoms with E-state index in [4.69, 9.17) is 4.74 Å². The zero-order valence-corrected chi connectivity index (χ0v) is 16.9. The van der Waals surface area contributed by atoms with E-state index in [-0.39, 0.29) is 0 Å². The summed E-state index contributed by atoms with van der Waals surface area (Å²) in [7, 11) is 0.946. The van der Waals surface area contributed by atoms with Crippen molar-refractivity contribution >= 4 is 14.7 Å². The molecule has 2 radical (unpaired) electrons. The predicted molar refractivity (Wildman–Crippen MR) is 111 cm³/mol. The second-order valence-electron chi connectivity index (χ2n) is 6.64. The van der Waals surface area contributed by atoms with Crippen molar-refractivity contribution in [1.82, 2.24) is 0 Å². The van der Waals surface area contributed by atoms with Crippen LogP contribution in [0.1, 0.15) is 58.8 Å². The minimum absolute atomic E-state index is 0.826. The topological polar surface area (TPSA) is 9.23 Å². The van der Waals surface area contributed by atoms with Crippen molar-refractivity contribution in [2.24, 2.45) is 0 Å². The summed E-state index contributed by atoms with van der Waals surface area (Å²) in [5.74, 6) is 0.981. The van der Waals surface area contributed by atoms with Crippen molar-refractivity contribution in [3.63, 3.8) is 0 Å². The lowest BCUT2D eigenvalue weighted by molar-refractivity contribution is 0.305. The highest BCUT2D eigenvalue weighted by Gasteiger charge is 2.01. The standard InChI is InChI=1S/C23H32OSi/c1-3-5-7-8-18-24-22-14-10-20(11-15-22)21-12-16-23(17-13-21)25-19-9-6-4-2/h10-17H,3-9,18-19H2,1-2H3. The Hall–Kier alpha value is -1.54. The average molecular weight is 353 g/mol. The lowest BCUT2D eigenvalue weighted by Gasteiger charge is -2.08. The number of hydrogen-bond donors (Lipinski definition) is 0. The Morgan fingerprint density at radius 3 is 1.92 bits per heavy atom. The first-order chi connectivity index (χ1) is 12.3. The van der Waals surface area contributed by atoms with E-state index in [0.29, 0.717) is 0 Å². The molecular weight excluding hydrogens is 320 g/mol. The molecule has 2 heteroatoms. The fourth-order valence-corrected chi connectivity index (χ4v) is 3.97. The third-order valence-electron chi connectivity index (χ3n) is 4.45. The van der Waals surface area contributed by atoms with Crippen LogP contribution in [0.25, 0.3) is 11.1 Å². The van der Waals surface area contributed by atoms with Crippen molar-refractivity contribution in [3.05, 3.63) is 48.5 Å². The molecule has 1 nitrogen and oxygen atoms in total. The van der Waals surface area contributed by atoms with Crippen LogP contribution in [0.3, 0.4) is 0 Å². The lowest BCUT2D eigenvalue weighted by Crippen LogP contribution is -2.12. The monoisotopic (exact) mass is 352 g/mol. The molecule has 2 aromatic rings. The molecule has 2 aromatic carbocycles. The molecule has 0 aliphatic rings. The van der Waals surface area contributed by atoms with Crippen molar-refractivity contribution in [3.8, 4) is 16.9 Å². The zero-order valence-electron chi connectivity index (χ0n) is 15.9. The molecule has 0 fully saturated rings. The molecular formula is C23H32OSi. The van der Waals surface area contributed by atoms with Crippen molar-refractivity contribution in [1.29, 1.82) is 0 Å². The molecule has 0 unspecified atom stereocenters. The first kappa shape index (κ1) is 19.8. The van der Waals surface area contributed by atoms with Gasteiger partial charge in [-0.1, -0.05) is 100 Å². The molecule has 0 amide bonds. The fraction of sp³-hybridized carbons (Fsp3) is 0.478. The Balaban J connectivity index is 1.80. The van der Waals surface area contributed by atoms with Gasteiger partial charge in [0.15, 0.2) is 0 Å². The number of unbranched alkanes of at least 4 members (excludes halogenated alkanes) is 5. The highest BCUT2D eigenvalue weighted by Crippen LogP contribution is 2.22. The maximum atomic E-state index is 5.83. The molecule has 0 bridgehead atoms. The SMILES string of the molecule is CCCCCCOc1ccc(-c2ccc([Si]CCCCC)cc2)cc1. The van der Waals surface area contributed by atoms with Gasteiger partial charge in [-0.2, -0.15) is 0 Å². The summed E-state index contributed by atoms with van der Waals surface area (Å²) in [6, 6.07) is 18.9. The predicted octanol–water partition coefficient (Wildman–Crippen LogP) is 6.25. The number of ether oxygens (including phenoxy) is 1. The molecule has 2 rings (SSSR count). The molecule has 25 heavy (non-hydrogen) atoms. The second kappa shape index (κ2) is 11.9. The van der Waals surface area contributed by atoms with Gasteiger partial charge >= 0.3 is 0 Å². The molecule has 0 saturated heterocycles. The van der Waals surface area contributed by atoms with Crippen LogP contribution in [-0.4, -0.2) is 16.1 Å². The molecule has 0 aliphatic heterocycles. The van der Waals surface area contributed by atoms with Gasteiger partial charge in [-0.05, 0) is 29.7 Å². The van der Waals surface area contributed by atoms with E-state index in [1.165, 1.54) is 60.9 Å². The number of hydrogen-bond acceptors (Lipinski definition) is 1. The van der Waals surface area contributed by atoms with Crippen LogP contribution >= 0.6 is 0 Å². The average Bonchev–Trinajstić information content (AvgIpc) is 2.66. The van der Waals surface area contributed by atoms with Crippen molar-refractivity contribution < 1.29 is 4.74 Å². The van der Waals surface area contributed by atoms with Crippen LogP contribution < -0.4 is 9.92 Å². The van der Waals surface area contributed by atoms with Crippen LogP contribution in [0.5, 0.6) is 5.75 Å². The third-order valence-corrected chi connectivity index (χ3v) is 5.79. The van der Waals surface area contributed by atoms with Gasteiger partial charge < -0.3 is 4.74 Å². The van der Waals surface area contributed by atoms with Crippen molar-refractivity contribution in [2.75, 3.05) is 6.61 Å². The highest BCUT2D eigenvalue weighted by molar-refractivity contribution is 6.53. The van der Waals surface area contributed by atoms with E-state index in [9.17, 15) is 0 Å². The smallest absolute Gasteiger partial charge is 0.119 e. The van der Waals surface area contributed by atoms with E-state index in [0.717, 1.165) is 28.3 Å². The summed E-state index contributed by atoms with van der Waals surface area (Å²) in [4.78, 5) is 0. The fourth-order valence-electron chi connectivity index (χ4n) is 2.85. The summed E-state index contributed by atoms with van der Waals surface area (Å²) in [5.41, 5.74) is 2.55. The van der Waals surface area contributed by atoms with Gasteiger partial charge in [0.25, 0.3) is 0 Å². The molecule has 0 atom stereocenters. The highest BCUT2D eigenvalue weighted by atomic mass is 28.2. The van der Waals surface area contributed by atoms with Crippen molar-refractivity contribution in [2.45, 2.75) is 64.8 Å². The minimum atomic E-state index is 0.826. The first-order valence-corrected chi connectivity index (χ1v) is 11.1. The number of benzene rings is 2. The quantitative estimate of drug-likeness (QED) is 0.324. The van der Waals surface area contributed by atoms with Gasteiger partial charge in [-0.15, -0.1) is 0 Å². The van der Waals surface area contributed by atoms with E-state index in [1.807, 2.05) is 0 Å². The molecule has 0 N–H and O–H groups in total. The maximum Gasteiger partial charge on any atom is 0.119 e. The van der Waals surface area contributed by atoms with E-state index in [1.54, 1.807) is 0 Å². The summed E-state index contributed by atoms with van der Waals surface area (Å²) in [5, 5.41) is 1.48. The molecule has 0 aliphatic carbocycles. The second-order valence-corrected chi connectivity index (χ2v) is 8.08. The van der Waals surface area contributed by atoms with Gasteiger partial charge in [-0.25, -0.2) is 0 Å². The summed E-state index contributed by atoms with van der Waals surface area (Å²) in [6.45, 7) is 5.33. The maximum absolute atomic E-state index is 5.83. The molecule has 0 spiro atoms. The summed E-state index contributed by atoms with van der Waals surface area (Å²) < 4.78 is 5.83. The number of rotatable bonds is 12. The Morgan fingerprint density at radius 2 is 1.28 bits per heavy atom. The first-order valence-electron chi connectivity index (χ1n) is 9.90. The lowest BCUT2D eigenvalue weighted by atomic mass is 10.1. The van der Waals surface area contributed by atoms with E-state index in [2.05, 4.69) is 62.4 Å². The molecule has 0 heterocycles. The van der Waals surface area contributed by atoms with Gasteiger partial charge in [0.2, 0.25) is 0 Å². The van der Waals surface area contributed by atoms with Crippen LogP contribution in [0, 0.1) is 0 Å². The van der Waals surface area contributed by atoms with E-state index < -0.39 is 0 Å². The largest absolute Gasteiger partial charge is 0.494 e. The Labute approximate surface area is 156 Å². The normalized spacial score (nSPS) is 10.8. The van der Waals surface area contributed by atoms with Crippen LogP contribution in [0.2, 0.25) is 6.04 Å². The summed E-state index contributed by atoms with van der Waals surface area (Å²) >= 11 is 0. The van der Waals surface area contributed by atoms with Gasteiger partial charge in [-0.3, -0.25) is 0 Å². The van der Waals surface area contributed by atoms with Crippen LogP contribution in [0.15, 0.2) is 48.5 Å². The summed E-state index contributed by atoms with van der Waals surface area (Å²) in [6.07, 6.45) is 9.01. The molecule has 0 aromatic heterocycles. The zero-order chi connectivity index (χ0) is 17.7. The third kappa shape index (κ3) is 7.48. The van der Waals surface area contributed by atoms with Gasteiger partial charge in [0, 0.05) is 0 Å². The Morgan fingerprint density at radius 1 is 0.680 bits per heavy atom. The Kier molecular flexibility index (Phi) is 9.43. The Bertz CT molecular complexity index is 574. The molecule has 0 saturated carbocycles. The minimum Gasteiger partial charge on any atom is -0.494 e. The van der Waals surface area contributed by atoms with Gasteiger partial charge in [0.05, 0.1) is 16.1 Å². The van der Waals surface area contributed by atoms with E-state index >= 15 is 0 Å².